The summed E-state index contributed by atoms with van der Waals surface area (Å²) in [5, 5.41) is 3.54. The Balaban J connectivity index is 1.74. The van der Waals surface area contributed by atoms with Crippen LogP contribution in [0.15, 0.2) is 66.7 Å². The zero-order chi connectivity index (χ0) is 29.7. The Morgan fingerprint density at radius 3 is 2.29 bits per heavy atom. The Kier molecular flexibility index (Phi) is 9.68. The summed E-state index contributed by atoms with van der Waals surface area (Å²) in [6.07, 6.45) is 1.22. The summed E-state index contributed by atoms with van der Waals surface area (Å²) in [5.74, 6) is -0.108. The van der Waals surface area contributed by atoms with Crippen LogP contribution in [0, 0.1) is 0 Å². The SMILES string of the molecule is CC(C)NC(=O)[C@@H](Cc1ccccc1)N(Cc1ccc(Cl)c(Cl)c1)C(=O)CN(c1ccc2c(c1)OCO2)S(C)(=O)=O. The molecule has 0 fully saturated rings. The van der Waals surface area contributed by atoms with Crippen molar-refractivity contribution in [2.75, 3.05) is 23.9 Å². The molecule has 2 amide bonds. The van der Waals surface area contributed by atoms with Crippen LogP contribution >= 0.6 is 23.2 Å². The van der Waals surface area contributed by atoms with E-state index in [1.165, 1.54) is 17.0 Å². The number of rotatable bonds is 11. The second kappa shape index (κ2) is 13.0. The van der Waals surface area contributed by atoms with Crippen molar-refractivity contribution in [3.05, 3.63) is 87.9 Å². The van der Waals surface area contributed by atoms with Gasteiger partial charge in [-0.2, -0.15) is 0 Å². The number of anilines is 1. The van der Waals surface area contributed by atoms with Gasteiger partial charge in [-0.15, -0.1) is 0 Å². The number of ether oxygens (including phenoxy) is 2. The Bertz CT molecular complexity index is 1520. The summed E-state index contributed by atoms with van der Waals surface area (Å²) >= 11 is 12.4. The third kappa shape index (κ3) is 7.84. The molecule has 218 valence electrons. The van der Waals surface area contributed by atoms with E-state index in [0.717, 1.165) is 16.1 Å². The maximum atomic E-state index is 14.1. The van der Waals surface area contributed by atoms with Crippen LogP contribution in [0.3, 0.4) is 0 Å². The molecule has 41 heavy (non-hydrogen) atoms. The fourth-order valence-electron chi connectivity index (χ4n) is 4.42. The van der Waals surface area contributed by atoms with Crippen molar-refractivity contribution in [1.82, 2.24) is 10.2 Å². The highest BCUT2D eigenvalue weighted by Gasteiger charge is 2.33. The number of hydrogen-bond donors (Lipinski definition) is 1. The lowest BCUT2D eigenvalue weighted by atomic mass is 10.0. The number of carbonyl (C=O) groups is 2. The van der Waals surface area contributed by atoms with Crippen molar-refractivity contribution in [2.24, 2.45) is 0 Å². The third-order valence-corrected chi connectivity index (χ3v) is 8.24. The molecule has 0 aliphatic carbocycles. The van der Waals surface area contributed by atoms with Gasteiger partial charge in [0.05, 0.1) is 22.0 Å². The molecule has 0 aromatic heterocycles. The van der Waals surface area contributed by atoms with Crippen LogP contribution in [0.25, 0.3) is 0 Å². The topological polar surface area (TPSA) is 105 Å². The fourth-order valence-corrected chi connectivity index (χ4v) is 5.59. The number of benzene rings is 3. The second-order valence-electron chi connectivity index (χ2n) is 9.95. The number of nitrogens with zero attached hydrogens (tertiary/aromatic N) is 2. The average molecular weight is 621 g/mol. The van der Waals surface area contributed by atoms with E-state index in [1.54, 1.807) is 24.3 Å². The van der Waals surface area contributed by atoms with Crippen molar-refractivity contribution in [3.8, 4) is 11.5 Å². The van der Waals surface area contributed by atoms with Gasteiger partial charge >= 0.3 is 0 Å². The van der Waals surface area contributed by atoms with Gasteiger partial charge in [-0.1, -0.05) is 59.6 Å². The second-order valence-corrected chi connectivity index (χ2v) is 12.7. The normalized spacial score (nSPS) is 13.1. The van der Waals surface area contributed by atoms with Gasteiger partial charge in [0.2, 0.25) is 28.6 Å². The average Bonchev–Trinajstić information content (AvgIpc) is 3.38. The van der Waals surface area contributed by atoms with Crippen LogP contribution in [0.4, 0.5) is 5.69 Å². The van der Waals surface area contributed by atoms with Crippen molar-refractivity contribution in [3.63, 3.8) is 0 Å². The molecule has 4 rings (SSSR count). The van der Waals surface area contributed by atoms with Gasteiger partial charge in [0.25, 0.3) is 0 Å². The zero-order valence-electron chi connectivity index (χ0n) is 22.8. The van der Waals surface area contributed by atoms with Gasteiger partial charge in [0, 0.05) is 25.1 Å². The van der Waals surface area contributed by atoms with Crippen molar-refractivity contribution in [2.45, 2.75) is 38.9 Å². The molecule has 0 spiro atoms. The van der Waals surface area contributed by atoms with E-state index in [-0.39, 0.29) is 37.4 Å². The minimum Gasteiger partial charge on any atom is -0.454 e. The first-order valence-electron chi connectivity index (χ1n) is 12.9. The first kappa shape index (κ1) is 30.5. The number of hydrogen-bond acceptors (Lipinski definition) is 6. The molecule has 1 N–H and O–H groups in total. The molecule has 9 nitrogen and oxygen atoms in total. The van der Waals surface area contributed by atoms with Gasteiger partial charge in [0.15, 0.2) is 11.5 Å². The molecule has 0 unspecified atom stereocenters. The lowest BCUT2D eigenvalue weighted by Gasteiger charge is -2.34. The van der Waals surface area contributed by atoms with E-state index in [9.17, 15) is 18.0 Å². The quantitative estimate of drug-likeness (QED) is 0.335. The molecule has 1 heterocycles. The summed E-state index contributed by atoms with van der Waals surface area (Å²) in [7, 11) is -3.92. The Labute approximate surface area is 250 Å². The molecular weight excluding hydrogens is 589 g/mol. The van der Waals surface area contributed by atoms with E-state index in [4.69, 9.17) is 32.7 Å². The standard InChI is InChI=1S/C29H31Cl2N3O6S/c1-19(2)32-29(36)25(14-20-7-5-4-6-8-20)33(16-21-9-11-23(30)24(31)13-21)28(35)17-34(41(3,37)38)22-10-12-26-27(15-22)40-18-39-26/h4-13,15,19,25H,14,16-18H2,1-3H3,(H,32,36)/t25-/m1/s1. The van der Waals surface area contributed by atoms with Gasteiger partial charge in [-0.05, 0) is 49.2 Å². The summed E-state index contributed by atoms with van der Waals surface area (Å²) in [6.45, 7) is 3.10. The number of nitrogens with one attached hydrogen (secondary N) is 1. The minimum absolute atomic E-state index is 0.0140. The van der Waals surface area contributed by atoms with Gasteiger partial charge in [0.1, 0.15) is 12.6 Å². The number of halogens is 2. The molecular formula is C29H31Cl2N3O6S. The molecule has 3 aromatic carbocycles. The smallest absolute Gasteiger partial charge is 0.244 e. The fraction of sp³-hybridized carbons (Fsp3) is 0.310. The number of sulfonamides is 1. The first-order chi connectivity index (χ1) is 19.4. The van der Waals surface area contributed by atoms with Crippen LogP contribution in [-0.2, 0) is 32.6 Å². The van der Waals surface area contributed by atoms with Crippen LogP contribution in [-0.4, -0.2) is 56.8 Å². The highest BCUT2D eigenvalue weighted by atomic mass is 35.5. The first-order valence-corrected chi connectivity index (χ1v) is 15.5. The molecule has 1 atom stereocenters. The maximum absolute atomic E-state index is 14.1. The van der Waals surface area contributed by atoms with Gasteiger partial charge < -0.3 is 19.7 Å². The van der Waals surface area contributed by atoms with Crippen LogP contribution in [0.1, 0.15) is 25.0 Å². The molecule has 1 aliphatic rings. The van der Waals surface area contributed by atoms with Gasteiger partial charge in [-0.3, -0.25) is 13.9 Å². The van der Waals surface area contributed by atoms with E-state index >= 15 is 0 Å². The van der Waals surface area contributed by atoms with Crippen molar-refractivity contribution < 1.29 is 27.5 Å². The summed E-state index contributed by atoms with van der Waals surface area (Å²) < 4.78 is 37.6. The van der Waals surface area contributed by atoms with Crippen LogP contribution < -0.4 is 19.1 Å². The van der Waals surface area contributed by atoms with E-state index < -0.39 is 28.5 Å². The predicted molar refractivity (Wildman–Crippen MR) is 159 cm³/mol. The lowest BCUT2D eigenvalue weighted by molar-refractivity contribution is -0.140. The minimum atomic E-state index is -3.92. The Morgan fingerprint density at radius 2 is 1.63 bits per heavy atom. The molecule has 1 aliphatic heterocycles. The predicted octanol–water partition coefficient (Wildman–Crippen LogP) is 4.65. The largest absolute Gasteiger partial charge is 0.454 e. The third-order valence-electron chi connectivity index (χ3n) is 6.36. The molecule has 0 saturated heterocycles. The summed E-state index contributed by atoms with van der Waals surface area (Å²) in [4.78, 5) is 29.1. The zero-order valence-corrected chi connectivity index (χ0v) is 25.2. The Hall–Kier alpha value is -3.47. The summed E-state index contributed by atoms with van der Waals surface area (Å²) in [5.41, 5.74) is 1.68. The maximum Gasteiger partial charge on any atom is 0.244 e. The van der Waals surface area contributed by atoms with E-state index in [2.05, 4.69) is 5.32 Å². The van der Waals surface area contributed by atoms with Crippen LogP contribution in [0.2, 0.25) is 10.0 Å². The number of amides is 2. The van der Waals surface area contributed by atoms with Crippen molar-refractivity contribution in [1.29, 1.82) is 0 Å². The van der Waals surface area contributed by atoms with Crippen LogP contribution in [0.5, 0.6) is 11.5 Å². The molecule has 12 heteroatoms. The highest BCUT2D eigenvalue weighted by Crippen LogP contribution is 2.36. The molecule has 0 radical (unpaired) electrons. The van der Waals surface area contributed by atoms with Crippen molar-refractivity contribution >= 4 is 50.7 Å². The molecule has 3 aromatic rings. The highest BCUT2D eigenvalue weighted by molar-refractivity contribution is 7.92. The Morgan fingerprint density at radius 1 is 0.927 bits per heavy atom. The molecule has 0 bridgehead atoms. The number of carbonyl (C=O) groups excluding carboxylic acids is 2. The lowest BCUT2D eigenvalue weighted by Crippen LogP contribution is -2.54. The monoisotopic (exact) mass is 619 g/mol. The number of fused-ring (bicyclic) bond motifs is 1. The van der Waals surface area contributed by atoms with Gasteiger partial charge in [-0.25, -0.2) is 8.42 Å². The van der Waals surface area contributed by atoms with E-state index in [1.807, 2.05) is 44.2 Å². The summed E-state index contributed by atoms with van der Waals surface area (Å²) in [6, 6.07) is 17.7. The van der Waals surface area contributed by atoms with E-state index in [0.29, 0.717) is 27.1 Å². The molecule has 0 saturated carbocycles.